The summed E-state index contributed by atoms with van der Waals surface area (Å²) in [7, 11) is 4.36. The van der Waals surface area contributed by atoms with Crippen LogP contribution in [0.1, 0.15) is 51.9 Å². The normalized spacial score (nSPS) is 28.7. The first kappa shape index (κ1) is 15.3. The summed E-state index contributed by atoms with van der Waals surface area (Å²) in [5, 5.41) is 3.71. The average molecular weight is 268 g/mol. The van der Waals surface area contributed by atoms with Crippen LogP contribution < -0.4 is 5.32 Å². The molecule has 1 aliphatic carbocycles. The Balaban J connectivity index is 1.97. The number of nitrogens with zero attached hydrogens (tertiary/aromatic N) is 1. The molecule has 0 aromatic carbocycles. The van der Waals surface area contributed by atoms with Gasteiger partial charge in [0.25, 0.3) is 0 Å². The summed E-state index contributed by atoms with van der Waals surface area (Å²) >= 11 is 0. The van der Waals surface area contributed by atoms with Gasteiger partial charge in [0.05, 0.1) is 5.60 Å². The molecule has 2 unspecified atom stereocenters. The zero-order chi connectivity index (χ0) is 13.7. The Bertz CT molecular complexity index is 256. The highest BCUT2D eigenvalue weighted by Gasteiger charge is 2.40. The van der Waals surface area contributed by atoms with Crippen molar-refractivity contribution in [1.82, 2.24) is 10.2 Å². The lowest BCUT2D eigenvalue weighted by atomic mass is 9.74. The van der Waals surface area contributed by atoms with E-state index in [-0.39, 0.29) is 5.60 Å². The van der Waals surface area contributed by atoms with E-state index in [4.69, 9.17) is 4.74 Å². The van der Waals surface area contributed by atoms with Crippen molar-refractivity contribution in [3.63, 3.8) is 0 Å². The van der Waals surface area contributed by atoms with Gasteiger partial charge in [-0.3, -0.25) is 0 Å². The number of hydrogen-bond donors (Lipinski definition) is 1. The van der Waals surface area contributed by atoms with Gasteiger partial charge in [-0.2, -0.15) is 0 Å². The zero-order valence-corrected chi connectivity index (χ0v) is 13.1. The Hall–Kier alpha value is -0.120. The molecule has 0 aromatic heterocycles. The quantitative estimate of drug-likeness (QED) is 0.829. The van der Waals surface area contributed by atoms with Crippen molar-refractivity contribution in [2.24, 2.45) is 5.92 Å². The van der Waals surface area contributed by atoms with Crippen molar-refractivity contribution >= 4 is 0 Å². The Labute approximate surface area is 119 Å². The highest BCUT2D eigenvalue weighted by Crippen LogP contribution is 2.41. The molecule has 112 valence electrons. The van der Waals surface area contributed by atoms with E-state index in [0.29, 0.717) is 6.04 Å². The van der Waals surface area contributed by atoms with Crippen molar-refractivity contribution in [2.45, 2.75) is 63.5 Å². The minimum absolute atomic E-state index is 0.237. The van der Waals surface area contributed by atoms with E-state index in [0.717, 1.165) is 25.6 Å². The molecule has 2 rings (SSSR count). The number of likely N-dealkylation sites (N-methyl/N-ethyl adjacent to an activating group) is 2. The first-order chi connectivity index (χ1) is 9.15. The summed E-state index contributed by atoms with van der Waals surface area (Å²) in [6.07, 6.45) is 9.24. The van der Waals surface area contributed by atoms with Gasteiger partial charge in [0.2, 0.25) is 0 Å². The van der Waals surface area contributed by atoms with Crippen molar-refractivity contribution in [2.75, 3.05) is 33.8 Å². The molecule has 0 radical (unpaired) electrons. The van der Waals surface area contributed by atoms with Gasteiger partial charge in [-0.1, -0.05) is 26.2 Å². The number of hydrogen-bond acceptors (Lipinski definition) is 3. The van der Waals surface area contributed by atoms with Crippen LogP contribution in [0.5, 0.6) is 0 Å². The molecule has 1 aliphatic heterocycles. The maximum absolute atomic E-state index is 6.23. The molecule has 2 atom stereocenters. The van der Waals surface area contributed by atoms with Crippen molar-refractivity contribution < 1.29 is 4.74 Å². The second kappa shape index (κ2) is 7.05. The molecule has 0 amide bonds. The first-order valence-electron chi connectivity index (χ1n) is 8.17. The van der Waals surface area contributed by atoms with Crippen LogP contribution in [0, 0.1) is 5.92 Å². The molecule has 1 heterocycles. The topological polar surface area (TPSA) is 24.5 Å². The van der Waals surface area contributed by atoms with Crippen LogP contribution in [0.3, 0.4) is 0 Å². The van der Waals surface area contributed by atoms with Crippen molar-refractivity contribution in [3.05, 3.63) is 0 Å². The fourth-order valence-electron chi connectivity index (χ4n) is 3.99. The summed E-state index contributed by atoms with van der Waals surface area (Å²) in [6, 6.07) is 0.628. The molecular formula is C16H32N2O. The fraction of sp³-hybridized carbons (Fsp3) is 1.00. The van der Waals surface area contributed by atoms with E-state index in [2.05, 4.69) is 31.2 Å². The van der Waals surface area contributed by atoms with Crippen LogP contribution in [0.4, 0.5) is 0 Å². The van der Waals surface area contributed by atoms with Crippen LogP contribution in [0.25, 0.3) is 0 Å². The molecule has 1 spiro atoms. The lowest BCUT2D eigenvalue weighted by Gasteiger charge is -2.46. The lowest BCUT2D eigenvalue weighted by Crippen LogP contribution is -2.50. The highest BCUT2D eigenvalue weighted by atomic mass is 16.5. The van der Waals surface area contributed by atoms with E-state index in [1.54, 1.807) is 0 Å². The second-order valence-corrected chi connectivity index (χ2v) is 6.77. The molecule has 0 bridgehead atoms. The summed E-state index contributed by atoms with van der Waals surface area (Å²) in [5.41, 5.74) is 0.237. The molecule has 2 fully saturated rings. The molecule has 3 nitrogen and oxygen atoms in total. The Morgan fingerprint density at radius 2 is 2.00 bits per heavy atom. The van der Waals surface area contributed by atoms with Gasteiger partial charge >= 0.3 is 0 Å². The predicted molar refractivity (Wildman–Crippen MR) is 80.5 cm³/mol. The van der Waals surface area contributed by atoms with Crippen LogP contribution in [-0.4, -0.2) is 50.3 Å². The SMILES string of the molecule is CCNC(CN(C)C)C1CCOC2(CCCCC2)C1. The molecule has 1 saturated heterocycles. The summed E-state index contributed by atoms with van der Waals surface area (Å²) in [5.74, 6) is 0.786. The smallest absolute Gasteiger partial charge is 0.0685 e. The van der Waals surface area contributed by atoms with Gasteiger partial charge in [-0.25, -0.2) is 0 Å². The van der Waals surface area contributed by atoms with Crippen molar-refractivity contribution in [3.8, 4) is 0 Å². The van der Waals surface area contributed by atoms with E-state index in [1.807, 2.05) is 0 Å². The Kier molecular flexibility index (Phi) is 5.67. The third kappa shape index (κ3) is 4.17. The van der Waals surface area contributed by atoms with Gasteiger partial charge in [0.1, 0.15) is 0 Å². The second-order valence-electron chi connectivity index (χ2n) is 6.77. The minimum Gasteiger partial charge on any atom is -0.375 e. The van der Waals surface area contributed by atoms with Gasteiger partial charge < -0.3 is 15.0 Å². The monoisotopic (exact) mass is 268 g/mol. The first-order valence-corrected chi connectivity index (χ1v) is 8.17. The lowest BCUT2D eigenvalue weighted by molar-refractivity contribution is -0.122. The maximum Gasteiger partial charge on any atom is 0.0685 e. The number of nitrogens with one attached hydrogen (secondary N) is 1. The molecule has 3 heteroatoms. The third-order valence-corrected chi connectivity index (χ3v) is 4.89. The summed E-state index contributed by atoms with van der Waals surface area (Å²) in [6.45, 7) is 5.41. The molecule has 2 aliphatic rings. The van der Waals surface area contributed by atoms with E-state index < -0.39 is 0 Å². The fourth-order valence-corrected chi connectivity index (χ4v) is 3.99. The average Bonchev–Trinajstić information content (AvgIpc) is 2.39. The Morgan fingerprint density at radius 1 is 1.26 bits per heavy atom. The standard InChI is InChI=1S/C16H32N2O/c1-4-17-15(13-18(2)3)14-8-11-19-16(12-14)9-6-5-7-10-16/h14-15,17H,4-13H2,1-3H3. The van der Waals surface area contributed by atoms with Gasteiger partial charge in [0.15, 0.2) is 0 Å². The zero-order valence-electron chi connectivity index (χ0n) is 13.1. The molecule has 1 N–H and O–H groups in total. The summed E-state index contributed by atoms with van der Waals surface area (Å²) < 4.78 is 6.23. The van der Waals surface area contributed by atoms with E-state index >= 15 is 0 Å². The maximum atomic E-state index is 6.23. The van der Waals surface area contributed by atoms with Gasteiger partial charge in [-0.05, 0) is 52.2 Å². The van der Waals surface area contributed by atoms with Crippen molar-refractivity contribution in [1.29, 1.82) is 0 Å². The molecule has 1 saturated carbocycles. The molecule has 0 aromatic rings. The number of rotatable bonds is 5. The van der Waals surface area contributed by atoms with Crippen LogP contribution >= 0.6 is 0 Å². The molecular weight excluding hydrogens is 236 g/mol. The predicted octanol–water partition coefficient (Wildman–Crippen LogP) is 2.66. The van der Waals surface area contributed by atoms with Gasteiger partial charge in [-0.15, -0.1) is 0 Å². The highest BCUT2D eigenvalue weighted by molar-refractivity contribution is 4.93. The Morgan fingerprint density at radius 3 is 2.63 bits per heavy atom. The summed E-state index contributed by atoms with van der Waals surface area (Å²) in [4.78, 5) is 2.32. The minimum atomic E-state index is 0.237. The van der Waals surface area contributed by atoms with Crippen LogP contribution in [-0.2, 0) is 4.74 Å². The van der Waals surface area contributed by atoms with E-state index in [1.165, 1.54) is 44.9 Å². The van der Waals surface area contributed by atoms with E-state index in [9.17, 15) is 0 Å². The van der Waals surface area contributed by atoms with Gasteiger partial charge in [0, 0.05) is 19.2 Å². The molecule has 19 heavy (non-hydrogen) atoms. The number of ether oxygens (including phenoxy) is 1. The van der Waals surface area contributed by atoms with Crippen LogP contribution in [0.15, 0.2) is 0 Å². The third-order valence-electron chi connectivity index (χ3n) is 4.89. The van der Waals surface area contributed by atoms with Crippen LogP contribution in [0.2, 0.25) is 0 Å². The largest absolute Gasteiger partial charge is 0.375 e.